The van der Waals surface area contributed by atoms with E-state index in [1.807, 2.05) is 6.07 Å². The molecule has 0 amide bonds. The Labute approximate surface area is 108 Å². The molecule has 0 atom stereocenters. The molecule has 1 aliphatic carbocycles. The number of rotatable bonds is 6. The van der Waals surface area contributed by atoms with Gasteiger partial charge in [0.05, 0.1) is 11.3 Å². The molecular weight excluding hydrogens is 229 g/mol. The number of carbonyl (C=O) groups is 1. The number of halogens is 1. The minimum Gasteiger partial charge on any atom is -0.371 e. The first kappa shape index (κ1) is 13.1. The molecule has 18 heavy (non-hydrogen) atoms. The van der Waals surface area contributed by atoms with Crippen LogP contribution in [0.2, 0.25) is 0 Å². The molecule has 1 aromatic rings. The molecule has 0 unspecified atom stereocenters. The van der Waals surface area contributed by atoms with Crippen molar-refractivity contribution < 1.29 is 9.18 Å². The quantitative estimate of drug-likeness (QED) is 0.717. The van der Waals surface area contributed by atoms with Gasteiger partial charge in [-0.15, -0.1) is 0 Å². The summed E-state index contributed by atoms with van der Waals surface area (Å²) in [5.74, 6) is 0.122. The highest BCUT2D eigenvalue weighted by Gasteiger charge is 2.26. The summed E-state index contributed by atoms with van der Waals surface area (Å²) >= 11 is 0. The van der Waals surface area contributed by atoms with E-state index in [9.17, 15) is 9.18 Å². The van der Waals surface area contributed by atoms with Gasteiger partial charge in [-0.3, -0.25) is 4.79 Å². The molecule has 0 aromatic heterocycles. The fraction of sp³-hybridized carbons (Fsp3) is 0.533. The summed E-state index contributed by atoms with van der Waals surface area (Å²) in [5, 5.41) is 0. The molecule has 0 spiro atoms. The van der Waals surface area contributed by atoms with E-state index < -0.39 is 5.82 Å². The van der Waals surface area contributed by atoms with E-state index in [-0.39, 0.29) is 11.3 Å². The van der Waals surface area contributed by atoms with Gasteiger partial charge in [0.15, 0.2) is 5.78 Å². The number of hydrogen-bond acceptors (Lipinski definition) is 2. The van der Waals surface area contributed by atoms with Gasteiger partial charge >= 0.3 is 0 Å². The highest BCUT2D eigenvalue weighted by atomic mass is 19.1. The van der Waals surface area contributed by atoms with E-state index >= 15 is 0 Å². The fourth-order valence-corrected chi connectivity index (χ4v) is 2.32. The lowest BCUT2D eigenvalue weighted by atomic mass is 10.1. The van der Waals surface area contributed by atoms with E-state index in [1.165, 1.54) is 25.8 Å². The Kier molecular flexibility index (Phi) is 4.00. The maximum atomic E-state index is 13.8. The molecule has 0 bridgehead atoms. The number of Topliss-reactive ketones (excluding diaryl/α,β-unsaturated/α-hetero) is 1. The zero-order valence-corrected chi connectivity index (χ0v) is 11.1. The van der Waals surface area contributed by atoms with Crippen LogP contribution in [0.5, 0.6) is 0 Å². The first-order chi connectivity index (χ1) is 8.63. The van der Waals surface area contributed by atoms with Crippen LogP contribution >= 0.6 is 0 Å². The Balaban J connectivity index is 2.32. The molecule has 3 heteroatoms. The number of benzene rings is 1. The van der Waals surface area contributed by atoms with Crippen molar-refractivity contribution in [2.24, 2.45) is 5.92 Å². The zero-order valence-electron chi connectivity index (χ0n) is 11.1. The van der Waals surface area contributed by atoms with Crippen LogP contribution < -0.4 is 4.90 Å². The van der Waals surface area contributed by atoms with Crippen molar-refractivity contribution in [3.63, 3.8) is 0 Å². The standard InChI is InChI=1S/C15H20FNO/c1-3-9-17(10-12-7-8-12)14-6-4-5-13(16)15(14)11(2)18/h4-6,12H,3,7-10H2,1-2H3. The highest BCUT2D eigenvalue weighted by molar-refractivity contribution is 6.00. The van der Waals surface area contributed by atoms with E-state index in [2.05, 4.69) is 11.8 Å². The molecule has 2 nitrogen and oxygen atoms in total. The molecule has 2 rings (SSSR count). The maximum Gasteiger partial charge on any atom is 0.164 e. The Morgan fingerprint density at radius 1 is 1.44 bits per heavy atom. The third-order valence-electron chi connectivity index (χ3n) is 3.35. The highest BCUT2D eigenvalue weighted by Crippen LogP contribution is 2.33. The predicted octanol–water partition coefficient (Wildman–Crippen LogP) is 3.65. The molecule has 0 radical (unpaired) electrons. The summed E-state index contributed by atoms with van der Waals surface area (Å²) in [7, 11) is 0. The van der Waals surface area contributed by atoms with E-state index in [1.54, 1.807) is 6.07 Å². The second-order valence-corrected chi connectivity index (χ2v) is 5.08. The van der Waals surface area contributed by atoms with Crippen LogP contribution in [-0.2, 0) is 0 Å². The largest absolute Gasteiger partial charge is 0.371 e. The molecule has 98 valence electrons. The van der Waals surface area contributed by atoms with Crippen LogP contribution in [0.4, 0.5) is 10.1 Å². The third-order valence-corrected chi connectivity index (χ3v) is 3.35. The molecular formula is C15H20FNO. The molecule has 0 N–H and O–H groups in total. The summed E-state index contributed by atoms with van der Waals surface area (Å²) in [5.41, 5.74) is 1.00. The second-order valence-electron chi connectivity index (χ2n) is 5.08. The lowest BCUT2D eigenvalue weighted by Crippen LogP contribution is -2.28. The van der Waals surface area contributed by atoms with Gasteiger partial charge in [0, 0.05) is 13.1 Å². The number of ketones is 1. The molecule has 0 heterocycles. The Hall–Kier alpha value is -1.38. The van der Waals surface area contributed by atoms with Gasteiger partial charge in [-0.05, 0) is 44.2 Å². The monoisotopic (exact) mass is 249 g/mol. The van der Waals surface area contributed by atoms with Crippen LogP contribution in [-0.4, -0.2) is 18.9 Å². The summed E-state index contributed by atoms with van der Waals surface area (Å²) in [6.45, 7) is 5.35. The molecule has 1 fully saturated rings. The predicted molar refractivity (Wildman–Crippen MR) is 71.6 cm³/mol. The van der Waals surface area contributed by atoms with Crippen molar-refractivity contribution >= 4 is 11.5 Å². The first-order valence-electron chi connectivity index (χ1n) is 6.68. The molecule has 1 aliphatic rings. The molecule has 0 aliphatic heterocycles. The van der Waals surface area contributed by atoms with Gasteiger partial charge in [-0.2, -0.15) is 0 Å². The van der Waals surface area contributed by atoms with Crippen LogP contribution in [0.1, 0.15) is 43.5 Å². The summed E-state index contributed by atoms with van der Waals surface area (Å²) in [6, 6.07) is 4.91. The van der Waals surface area contributed by atoms with Crippen molar-refractivity contribution in [1.82, 2.24) is 0 Å². The van der Waals surface area contributed by atoms with Gasteiger partial charge in [0.1, 0.15) is 5.82 Å². The van der Waals surface area contributed by atoms with Gasteiger partial charge in [0.2, 0.25) is 0 Å². The van der Waals surface area contributed by atoms with Gasteiger partial charge < -0.3 is 4.90 Å². The fourth-order valence-electron chi connectivity index (χ4n) is 2.32. The van der Waals surface area contributed by atoms with E-state index in [0.717, 1.165) is 31.1 Å². The van der Waals surface area contributed by atoms with Crippen LogP contribution in [0.25, 0.3) is 0 Å². The van der Waals surface area contributed by atoms with Gasteiger partial charge in [-0.1, -0.05) is 13.0 Å². The minimum atomic E-state index is -0.406. The average Bonchev–Trinajstić information content (AvgIpc) is 3.11. The number of anilines is 1. The normalized spacial score (nSPS) is 14.6. The van der Waals surface area contributed by atoms with Gasteiger partial charge in [-0.25, -0.2) is 4.39 Å². The first-order valence-corrected chi connectivity index (χ1v) is 6.68. The summed E-state index contributed by atoms with van der Waals surface area (Å²) in [6.07, 6.45) is 3.51. The zero-order chi connectivity index (χ0) is 13.1. The minimum absolute atomic E-state index is 0.194. The van der Waals surface area contributed by atoms with E-state index in [0.29, 0.717) is 0 Å². The Morgan fingerprint density at radius 2 is 2.17 bits per heavy atom. The number of nitrogens with zero attached hydrogens (tertiary/aromatic N) is 1. The van der Waals surface area contributed by atoms with Gasteiger partial charge in [0.25, 0.3) is 0 Å². The molecule has 1 aromatic carbocycles. The number of carbonyl (C=O) groups excluding carboxylic acids is 1. The number of hydrogen-bond donors (Lipinski definition) is 0. The molecule has 1 saturated carbocycles. The average molecular weight is 249 g/mol. The lowest BCUT2D eigenvalue weighted by molar-refractivity contribution is 0.101. The summed E-state index contributed by atoms with van der Waals surface area (Å²) in [4.78, 5) is 13.8. The van der Waals surface area contributed by atoms with Crippen molar-refractivity contribution in [2.75, 3.05) is 18.0 Å². The summed E-state index contributed by atoms with van der Waals surface area (Å²) < 4.78 is 13.8. The van der Waals surface area contributed by atoms with Crippen molar-refractivity contribution in [2.45, 2.75) is 33.1 Å². The van der Waals surface area contributed by atoms with Crippen molar-refractivity contribution in [3.8, 4) is 0 Å². The van der Waals surface area contributed by atoms with Crippen molar-refractivity contribution in [3.05, 3.63) is 29.6 Å². The van der Waals surface area contributed by atoms with Crippen LogP contribution in [0, 0.1) is 11.7 Å². The topological polar surface area (TPSA) is 20.3 Å². The second kappa shape index (κ2) is 5.51. The van der Waals surface area contributed by atoms with Crippen LogP contribution in [0.3, 0.4) is 0 Å². The SMILES string of the molecule is CCCN(CC1CC1)c1cccc(F)c1C(C)=O. The van der Waals surface area contributed by atoms with Crippen molar-refractivity contribution in [1.29, 1.82) is 0 Å². The lowest BCUT2D eigenvalue weighted by Gasteiger charge is -2.26. The smallest absolute Gasteiger partial charge is 0.164 e. The van der Waals surface area contributed by atoms with E-state index in [4.69, 9.17) is 0 Å². The Morgan fingerprint density at radius 3 is 2.72 bits per heavy atom. The maximum absolute atomic E-state index is 13.8. The third kappa shape index (κ3) is 2.89. The molecule has 0 saturated heterocycles. The Bertz CT molecular complexity index is 440. The van der Waals surface area contributed by atoms with Crippen LogP contribution in [0.15, 0.2) is 18.2 Å².